The maximum absolute atomic E-state index is 10.2. The number of carboxylic acid groups (broad SMARTS) is 1. The lowest BCUT2D eigenvalue weighted by Gasteiger charge is -1.98. The number of carboxylic acids is 1. The maximum atomic E-state index is 10.2. The summed E-state index contributed by atoms with van der Waals surface area (Å²) in [5.74, 6) is -0.768. The van der Waals surface area contributed by atoms with Crippen LogP contribution in [0.2, 0.25) is 0 Å². The zero-order valence-electron chi connectivity index (χ0n) is 6.83. The van der Waals surface area contributed by atoms with Gasteiger partial charge in [-0.15, -0.1) is 11.3 Å². The van der Waals surface area contributed by atoms with Gasteiger partial charge in [0.2, 0.25) is 0 Å². The van der Waals surface area contributed by atoms with Gasteiger partial charge in [-0.05, 0) is 19.1 Å². The molecule has 12 heavy (non-hydrogen) atoms. The van der Waals surface area contributed by atoms with Gasteiger partial charge < -0.3 is 10.4 Å². The first-order chi connectivity index (χ1) is 5.68. The molecule has 2 N–H and O–H groups in total. The monoisotopic (exact) mass is 185 g/mol. The van der Waals surface area contributed by atoms with Crippen molar-refractivity contribution in [1.29, 1.82) is 0 Å². The molecule has 0 saturated heterocycles. The van der Waals surface area contributed by atoms with Crippen molar-refractivity contribution >= 4 is 22.3 Å². The predicted octanol–water partition coefficient (Wildman–Crippen LogP) is 1.94. The molecule has 0 unspecified atom stereocenters. The SMILES string of the molecule is Cc1ccc(NCCC(=O)O)s1. The van der Waals surface area contributed by atoms with Crippen LogP contribution < -0.4 is 5.32 Å². The number of aliphatic carboxylic acids is 1. The smallest absolute Gasteiger partial charge is 0.305 e. The molecule has 0 aliphatic rings. The third-order valence-corrected chi connectivity index (χ3v) is 2.34. The first-order valence-electron chi connectivity index (χ1n) is 3.70. The Morgan fingerprint density at radius 1 is 1.67 bits per heavy atom. The van der Waals surface area contributed by atoms with E-state index in [2.05, 4.69) is 5.32 Å². The van der Waals surface area contributed by atoms with E-state index >= 15 is 0 Å². The van der Waals surface area contributed by atoms with Crippen LogP contribution in [0.15, 0.2) is 12.1 Å². The van der Waals surface area contributed by atoms with Crippen molar-refractivity contribution in [1.82, 2.24) is 0 Å². The minimum absolute atomic E-state index is 0.164. The van der Waals surface area contributed by atoms with E-state index in [4.69, 9.17) is 5.11 Å². The number of aryl methyl sites for hydroxylation is 1. The first-order valence-corrected chi connectivity index (χ1v) is 4.52. The zero-order valence-corrected chi connectivity index (χ0v) is 7.65. The second-order valence-corrected chi connectivity index (χ2v) is 3.77. The molecule has 0 fully saturated rings. The average Bonchev–Trinajstić information content (AvgIpc) is 2.35. The summed E-state index contributed by atoms with van der Waals surface area (Å²) in [5, 5.41) is 12.4. The van der Waals surface area contributed by atoms with Crippen molar-refractivity contribution in [3.63, 3.8) is 0 Å². The molecule has 4 heteroatoms. The molecule has 0 aromatic carbocycles. The Kier molecular flexibility index (Phi) is 3.10. The highest BCUT2D eigenvalue weighted by Gasteiger charge is 1.97. The molecule has 1 aromatic rings. The van der Waals surface area contributed by atoms with Crippen LogP contribution in [0.25, 0.3) is 0 Å². The fraction of sp³-hybridized carbons (Fsp3) is 0.375. The van der Waals surface area contributed by atoms with Crippen LogP contribution in [0.5, 0.6) is 0 Å². The highest BCUT2D eigenvalue weighted by Crippen LogP contribution is 2.20. The number of thiophene rings is 1. The molecule has 1 heterocycles. The van der Waals surface area contributed by atoms with Crippen LogP contribution in [-0.4, -0.2) is 17.6 Å². The standard InChI is InChI=1S/C8H11NO2S/c1-6-2-3-7(12-6)9-5-4-8(10)11/h2-3,9H,4-5H2,1H3,(H,10,11). The summed E-state index contributed by atoms with van der Waals surface area (Å²) in [6.07, 6.45) is 0.164. The Morgan fingerprint density at radius 2 is 2.42 bits per heavy atom. The number of hydrogen-bond donors (Lipinski definition) is 2. The van der Waals surface area contributed by atoms with Crippen LogP contribution in [0.4, 0.5) is 5.00 Å². The normalized spacial score (nSPS) is 9.75. The van der Waals surface area contributed by atoms with Gasteiger partial charge in [-0.1, -0.05) is 0 Å². The lowest BCUT2D eigenvalue weighted by molar-refractivity contribution is -0.136. The highest BCUT2D eigenvalue weighted by molar-refractivity contribution is 7.16. The van der Waals surface area contributed by atoms with Crippen LogP contribution in [0.3, 0.4) is 0 Å². The van der Waals surface area contributed by atoms with Crippen LogP contribution in [0.1, 0.15) is 11.3 Å². The average molecular weight is 185 g/mol. The Morgan fingerprint density at radius 3 is 2.92 bits per heavy atom. The van der Waals surface area contributed by atoms with Gasteiger partial charge in [-0.2, -0.15) is 0 Å². The lowest BCUT2D eigenvalue weighted by Crippen LogP contribution is -2.06. The Labute approximate surface area is 75.0 Å². The van der Waals surface area contributed by atoms with Crippen LogP contribution in [-0.2, 0) is 4.79 Å². The second kappa shape index (κ2) is 4.11. The minimum Gasteiger partial charge on any atom is -0.481 e. The van der Waals surface area contributed by atoms with E-state index in [1.54, 1.807) is 11.3 Å². The fourth-order valence-electron chi connectivity index (χ4n) is 0.822. The quantitative estimate of drug-likeness (QED) is 0.753. The molecule has 0 radical (unpaired) electrons. The van der Waals surface area contributed by atoms with Gasteiger partial charge in [0.25, 0.3) is 0 Å². The summed E-state index contributed by atoms with van der Waals surface area (Å²) in [7, 11) is 0. The molecule has 0 aliphatic heterocycles. The second-order valence-electron chi connectivity index (χ2n) is 2.48. The van der Waals surface area contributed by atoms with Gasteiger partial charge in [0, 0.05) is 11.4 Å². The molecule has 66 valence electrons. The number of hydrogen-bond acceptors (Lipinski definition) is 3. The zero-order chi connectivity index (χ0) is 8.97. The Hall–Kier alpha value is -1.03. The van der Waals surface area contributed by atoms with Gasteiger partial charge in [0.15, 0.2) is 0 Å². The van der Waals surface area contributed by atoms with E-state index < -0.39 is 5.97 Å². The van der Waals surface area contributed by atoms with Crippen molar-refractivity contribution in [2.24, 2.45) is 0 Å². The van der Waals surface area contributed by atoms with Gasteiger partial charge in [-0.25, -0.2) is 0 Å². The summed E-state index contributed by atoms with van der Waals surface area (Å²) in [5.41, 5.74) is 0. The number of nitrogens with one attached hydrogen (secondary N) is 1. The topological polar surface area (TPSA) is 49.3 Å². The predicted molar refractivity (Wildman–Crippen MR) is 49.8 cm³/mol. The van der Waals surface area contributed by atoms with Crippen molar-refractivity contribution in [2.75, 3.05) is 11.9 Å². The summed E-state index contributed by atoms with van der Waals surface area (Å²) < 4.78 is 0. The van der Waals surface area contributed by atoms with E-state index in [0.717, 1.165) is 5.00 Å². The Bertz CT molecular complexity index is 270. The van der Waals surface area contributed by atoms with Gasteiger partial charge in [-0.3, -0.25) is 4.79 Å². The largest absolute Gasteiger partial charge is 0.481 e. The van der Waals surface area contributed by atoms with Crippen LogP contribution in [0, 0.1) is 6.92 Å². The van der Waals surface area contributed by atoms with Crippen LogP contribution >= 0.6 is 11.3 Å². The third-order valence-electron chi connectivity index (χ3n) is 1.38. The lowest BCUT2D eigenvalue weighted by atomic mass is 10.4. The summed E-state index contributed by atoms with van der Waals surface area (Å²) in [4.78, 5) is 11.4. The summed E-state index contributed by atoms with van der Waals surface area (Å²) in [6.45, 7) is 2.52. The van der Waals surface area contributed by atoms with Crippen molar-refractivity contribution in [3.05, 3.63) is 17.0 Å². The molecule has 0 saturated carbocycles. The number of rotatable bonds is 4. The van der Waals surface area contributed by atoms with E-state index in [1.165, 1.54) is 4.88 Å². The van der Waals surface area contributed by atoms with Gasteiger partial charge >= 0.3 is 5.97 Å². The fourth-order valence-corrected chi connectivity index (χ4v) is 1.62. The maximum Gasteiger partial charge on any atom is 0.305 e. The number of carbonyl (C=O) groups is 1. The van der Waals surface area contributed by atoms with E-state index in [0.29, 0.717) is 6.54 Å². The molecule has 0 spiro atoms. The third kappa shape index (κ3) is 2.92. The van der Waals surface area contributed by atoms with E-state index in [-0.39, 0.29) is 6.42 Å². The van der Waals surface area contributed by atoms with Crippen molar-refractivity contribution < 1.29 is 9.90 Å². The number of anilines is 1. The molecule has 0 aliphatic carbocycles. The molecule has 1 rings (SSSR count). The molecular formula is C8H11NO2S. The van der Waals surface area contributed by atoms with Crippen molar-refractivity contribution in [2.45, 2.75) is 13.3 Å². The molecule has 3 nitrogen and oxygen atoms in total. The van der Waals surface area contributed by atoms with E-state index in [9.17, 15) is 4.79 Å². The first kappa shape index (κ1) is 9.06. The summed E-state index contributed by atoms with van der Waals surface area (Å²) >= 11 is 1.64. The van der Waals surface area contributed by atoms with Gasteiger partial charge in [0.05, 0.1) is 11.4 Å². The summed E-state index contributed by atoms with van der Waals surface area (Å²) in [6, 6.07) is 3.97. The highest BCUT2D eigenvalue weighted by atomic mass is 32.1. The Balaban J connectivity index is 2.29. The van der Waals surface area contributed by atoms with Gasteiger partial charge in [0.1, 0.15) is 0 Å². The molecule has 0 atom stereocenters. The van der Waals surface area contributed by atoms with E-state index in [1.807, 2.05) is 19.1 Å². The molecule has 0 amide bonds. The molecule has 1 aromatic heterocycles. The molecular weight excluding hydrogens is 174 g/mol. The van der Waals surface area contributed by atoms with Crippen molar-refractivity contribution in [3.8, 4) is 0 Å². The molecule has 0 bridgehead atoms. The minimum atomic E-state index is -0.768.